The third-order valence-electron chi connectivity index (χ3n) is 4.52. The molecule has 11 heteroatoms. The van der Waals surface area contributed by atoms with E-state index in [1.807, 2.05) is 0 Å². The second-order valence-electron chi connectivity index (χ2n) is 6.62. The fraction of sp³-hybridized carbons (Fsp3) is 0.474. The lowest BCUT2D eigenvalue weighted by Gasteiger charge is -2.26. The predicted molar refractivity (Wildman–Crippen MR) is 112 cm³/mol. The number of nitrogens with zero attached hydrogens (tertiary/aromatic N) is 3. The first-order valence-electron chi connectivity index (χ1n) is 9.57. The van der Waals surface area contributed by atoms with Gasteiger partial charge in [-0.25, -0.2) is 9.37 Å². The summed E-state index contributed by atoms with van der Waals surface area (Å²) in [5.41, 5.74) is 6.12. The van der Waals surface area contributed by atoms with E-state index in [4.69, 9.17) is 27.0 Å². The Bertz CT molecular complexity index is 864. The molecule has 2 N–H and O–H groups in total. The lowest BCUT2D eigenvalue weighted by molar-refractivity contribution is -0.128. The molecular weight excluding hydrogens is 438 g/mol. The number of rotatable bonds is 9. The molecule has 30 heavy (non-hydrogen) atoms. The zero-order chi connectivity index (χ0) is 21.5. The van der Waals surface area contributed by atoms with Gasteiger partial charge in [0.15, 0.2) is 23.3 Å². The Morgan fingerprint density at radius 3 is 2.83 bits per heavy atom. The second-order valence-corrected chi connectivity index (χ2v) is 7.86. The number of hydrogen-bond acceptors (Lipinski definition) is 7. The standard InChI is InChI=1S/C19H23ClF2N4O3S/c20-26(6-2-1-5-23)16(27)11-29-18-13(3-4-14(21)17(18)22)15-12-30-19(24-15)25-7-9-28-10-8-25/h3-4,12H,1-2,5-11,23H2. The maximum absolute atomic E-state index is 14.5. The van der Waals surface area contributed by atoms with Gasteiger partial charge in [0.05, 0.1) is 18.9 Å². The first-order chi connectivity index (χ1) is 14.5. The summed E-state index contributed by atoms with van der Waals surface area (Å²) in [5, 5.41) is 2.50. The number of unbranched alkanes of at least 4 members (excludes halogenated alkanes) is 1. The molecule has 1 saturated heterocycles. The molecule has 0 unspecified atom stereocenters. The van der Waals surface area contributed by atoms with Gasteiger partial charge in [-0.3, -0.25) is 9.21 Å². The number of carbonyl (C=O) groups is 1. The highest BCUT2D eigenvalue weighted by molar-refractivity contribution is 7.14. The average molecular weight is 461 g/mol. The maximum atomic E-state index is 14.5. The van der Waals surface area contributed by atoms with E-state index in [1.165, 1.54) is 17.4 Å². The highest BCUT2D eigenvalue weighted by atomic mass is 35.5. The first kappa shape index (κ1) is 22.7. The van der Waals surface area contributed by atoms with Crippen molar-refractivity contribution in [1.29, 1.82) is 0 Å². The third kappa shape index (κ3) is 5.57. The van der Waals surface area contributed by atoms with Crippen molar-refractivity contribution in [1.82, 2.24) is 9.40 Å². The molecule has 2 heterocycles. The molecule has 2 aromatic rings. The van der Waals surface area contributed by atoms with Gasteiger partial charge in [-0.2, -0.15) is 4.39 Å². The van der Waals surface area contributed by atoms with Crippen LogP contribution in [-0.2, 0) is 9.53 Å². The maximum Gasteiger partial charge on any atom is 0.274 e. The largest absolute Gasteiger partial charge is 0.480 e. The van der Waals surface area contributed by atoms with E-state index in [9.17, 15) is 13.6 Å². The van der Waals surface area contributed by atoms with Crippen molar-refractivity contribution in [3.05, 3.63) is 29.1 Å². The van der Waals surface area contributed by atoms with Crippen LogP contribution in [0.4, 0.5) is 13.9 Å². The van der Waals surface area contributed by atoms with Gasteiger partial charge < -0.3 is 20.1 Å². The predicted octanol–water partition coefficient (Wildman–Crippen LogP) is 3.03. The van der Waals surface area contributed by atoms with Crippen LogP contribution in [0.5, 0.6) is 5.75 Å². The Balaban J connectivity index is 1.74. The fourth-order valence-electron chi connectivity index (χ4n) is 2.89. The SMILES string of the molecule is NCCCCN(Cl)C(=O)COc1c(-c2csc(N3CCOCC3)n2)ccc(F)c1F. The number of amides is 1. The van der Waals surface area contributed by atoms with Crippen molar-refractivity contribution >= 4 is 34.2 Å². The van der Waals surface area contributed by atoms with Crippen LogP contribution in [0, 0.1) is 11.6 Å². The second kappa shape index (κ2) is 10.9. The number of benzene rings is 1. The van der Waals surface area contributed by atoms with E-state index in [0.717, 1.165) is 22.0 Å². The summed E-state index contributed by atoms with van der Waals surface area (Å²) < 4.78 is 40.0. The van der Waals surface area contributed by atoms with E-state index < -0.39 is 24.1 Å². The fourth-order valence-corrected chi connectivity index (χ4v) is 3.93. The van der Waals surface area contributed by atoms with Crippen LogP contribution in [0.25, 0.3) is 11.3 Å². The Morgan fingerprint density at radius 2 is 2.10 bits per heavy atom. The smallest absolute Gasteiger partial charge is 0.274 e. The number of ether oxygens (including phenoxy) is 2. The molecule has 0 spiro atoms. The monoisotopic (exact) mass is 460 g/mol. The van der Waals surface area contributed by atoms with E-state index >= 15 is 0 Å². The van der Waals surface area contributed by atoms with Gasteiger partial charge in [-0.15, -0.1) is 11.3 Å². The van der Waals surface area contributed by atoms with Gasteiger partial charge in [0.2, 0.25) is 5.82 Å². The number of halogens is 3. The minimum atomic E-state index is -1.18. The zero-order valence-electron chi connectivity index (χ0n) is 16.3. The number of morpholine rings is 1. The Hall–Kier alpha value is -2.01. The van der Waals surface area contributed by atoms with Crippen molar-refractivity contribution in [2.24, 2.45) is 5.73 Å². The molecule has 1 aliphatic heterocycles. The Labute approximate surface area is 182 Å². The molecule has 164 valence electrons. The number of carbonyl (C=O) groups excluding carboxylic acids is 1. The number of hydrogen-bond donors (Lipinski definition) is 1. The third-order valence-corrected chi connectivity index (χ3v) is 5.78. The average Bonchev–Trinajstić information content (AvgIpc) is 3.25. The lowest BCUT2D eigenvalue weighted by Crippen LogP contribution is -2.36. The molecule has 1 fully saturated rings. The molecule has 0 radical (unpaired) electrons. The molecule has 1 aromatic carbocycles. The van der Waals surface area contributed by atoms with Gasteiger partial charge >= 0.3 is 0 Å². The van der Waals surface area contributed by atoms with Gasteiger partial charge in [0, 0.05) is 42.4 Å². The van der Waals surface area contributed by atoms with Crippen molar-refractivity contribution in [3.63, 3.8) is 0 Å². The molecule has 1 aromatic heterocycles. The summed E-state index contributed by atoms with van der Waals surface area (Å²) in [6, 6.07) is 2.39. The lowest BCUT2D eigenvalue weighted by atomic mass is 10.1. The summed E-state index contributed by atoms with van der Waals surface area (Å²) in [5.74, 6) is -3.18. The Morgan fingerprint density at radius 1 is 1.33 bits per heavy atom. The van der Waals surface area contributed by atoms with E-state index in [-0.39, 0.29) is 17.9 Å². The molecule has 1 amide bonds. The normalized spacial score (nSPS) is 14.1. The van der Waals surface area contributed by atoms with Gasteiger partial charge in [-0.05, 0) is 31.5 Å². The van der Waals surface area contributed by atoms with Crippen LogP contribution in [0.3, 0.4) is 0 Å². The van der Waals surface area contributed by atoms with Gasteiger partial charge in [0.25, 0.3) is 5.91 Å². The van der Waals surface area contributed by atoms with Crippen molar-refractivity contribution in [2.45, 2.75) is 12.8 Å². The highest BCUT2D eigenvalue weighted by Gasteiger charge is 2.22. The van der Waals surface area contributed by atoms with Crippen LogP contribution in [0.15, 0.2) is 17.5 Å². The van der Waals surface area contributed by atoms with Crippen LogP contribution in [-0.4, -0.2) is 61.3 Å². The molecule has 0 aliphatic carbocycles. The summed E-state index contributed by atoms with van der Waals surface area (Å²) in [7, 11) is 0. The van der Waals surface area contributed by atoms with E-state index in [1.54, 1.807) is 5.38 Å². The summed E-state index contributed by atoms with van der Waals surface area (Å²) >= 11 is 7.31. The van der Waals surface area contributed by atoms with Crippen molar-refractivity contribution < 1.29 is 23.0 Å². The summed E-state index contributed by atoms with van der Waals surface area (Å²) in [4.78, 5) is 18.8. The van der Waals surface area contributed by atoms with Gasteiger partial charge in [0.1, 0.15) is 0 Å². The quantitative estimate of drug-likeness (QED) is 0.457. The van der Waals surface area contributed by atoms with Crippen LogP contribution in [0.1, 0.15) is 12.8 Å². The summed E-state index contributed by atoms with van der Waals surface area (Å²) in [6.07, 6.45) is 1.35. The van der Waals surface area contributed by atoms with E-state index in [2.05, 4.69) is 9.88 Å². The topological polar surface area (TPSA) is 80.9 Å². The molecule has 1 aliphatic rings. The van der Waals surface area contributed by atoms with Crippen LogP contribution >= 0.6 is 23.1 Å². The molecule has 0 atom stereocenters. The zero-order valence-corrected chi connectivity index (χ0v) is 17.9. The molecular formula is C19H23ClF2N4O3S. The number of anilines is 1. The highest BCUT2D eigenvalue weighted by Crippen LogP contribution is 2.36. The molecule has 0 bridgehead atoms. The minimum absolute atomic E-state index is 0.265. The number of aromatic nitrogens is 1. The van der Waals surface area contributed by atoms with Crippen molar-refractivity contribution in [2.75, 3.05) is 50.9 Å². The first-order valence-corrected chi connectivity index (χ1v) is 10.8. The molecule has 7 nitrogen and oxygen atoms in total. The van der Waals surface area contributed by atoms with Gasteiger partial charge in [-0.1, -0.05) is 0 Å². The Kier molecular flexibility index (Phi) is 8.20. The van der Waals surface area contributed by atoms with E-state index in [0.29, 0.717) is 45.0 Å². The van der Waals surface area contributed by atoms with Crippen LogP contribution < -0.4 is 15.4 Å². The van der Waals surface area contributed by atoms with Crippen LogP contribution in [0.2, 0.25) is 0 Å². The number of nitrogens with two attached hydrogens (primary N) is 1. The summed E-state index contributed by atoms with van der Waals surface area (Å²) in [6.45, 7) is 2.88. The number of thiazole rings is 1. The van der Waals surface area contributed by atoms with Crippen molar-refractivity contribution in [3.8, 4) is 17.0 Å². The molecule has 3 rings (SSSR count). The molecule has 0 saturated carbocycles. The minimum Gasteiger partial charge on any atom is -0.480 e.